The molecule has 1 aliphatic rings. The molecule has 1 saturated heterocycles. The third-order valence-electron chi connectivity index (χ3n) is 3.16. The van der Waals surface area contributed by atoms with Crippen LogP contribution in [0.25, 0.3) is 0 Å². The minimum Gasteiger partial charge on any atom is -0.465 e. The molecule has 110 valence electrons. The Hall–Kier alpha value is -1.89. The number of carbonyl (C=O) groups excluding carboxylic acids is 2. The van der Waals surface area contributed by atoms with E-state index in [0.29, 0.717) is 24.7 Å². The van der Waals surface area contributed by atoms with Crippen LogP contribution in [0.5, 0.6) is 0 Å². The van der Waals surface area contributed by atoms with Gasteiger partial charge >= 0.3 is 5.97 Å². The summed E-state index contributed by atoms with van der Waals surface area (Å²) in [5.41, 5.74) is 0.700. The van der Waals surface area contributed by atoms with Crippen molar-refractivity contribution in [2.45, 2.75) is 32.7 Å². The van der Waals surface area contributed by atoms with Crippen molar-refractivity contribution in [1.29, 1.82) is 0 Å². The summed E-state index contributed by atoms with van der Waals surface area (Å²) < 4.78 is 9.94. The minimum atomic E-state index is -0.322. The molecule has 0 aromatic carbocycles. The molecule has 1 atom stereocenters. The van der Waals surface area contributed by atoms with Crippen molar-refractivity contribution in [2.75, 3.05) is 25.0 Å². The molecule has 0 saturated carbocycles. The molecular weight excluding hydrogens is 262 g/mol. The van der Waals surface area contributed by atoms with Gasteiger partial charge in [0.15, 0.2) is 0 Å². The molecule has 20 heavy (non-hydrogen) atoms. The topological polar surface area (TPSA) is 84.7 Å². The molecule has 1 aliphatic heterocycles. The monoisotopic (exact) mass is 281 g/mol. The molecule has 0 radical (unpaired) electrons. The number of ether oxygens (including phenoxy) is 1. The van der Waals surface area contributed by atoms with Crippen molar-refractivity contribution in [3.05, 3.63) is 11.8 Å². The number of anilines is 1. The largest absolute Gasteiger partial charge is 0.465 e. The number of esters is 1. The Morgan fingerprint density at radius 3 is 3.05 bits per heavy atom. The van der Waals surface area contributed by atoms with Crippen molar-refractivity contribution >= 4 is 17.8 Å². The zero-order valence-electron chi connectivity index (χ0n) is 11.7. The fourth-order valence-electron chi connectivity index (χ4n) is 2.30. The number of rotatable bonds is 5. The lowest BCUT2D eigenvalue weighted by molar-refractivity contribution is -0.148. The zero-order valence-corrected chi connectivity index (χ0v) is 11.7. The lowest BCUT2D eigenvalue weighted by atomic mass is 10.2. The molecule has 1 N–H and O–H groups in total. The number of nitrogens with one attached hydrogen (secondary N) is 1. The molecule has 1 aromatic rings. The highest BCUT2D eigenvalue weighted by atomic mass is 16.5. The molecule has 2 heterocycles. The Labute approximate surface area is 117 Å². The van der Waals surface area contributed by atoms with Crippen LogP contribution >= 0.6 is 0 Å². The van der Waals surface area contributed by atoms with Crippen LogP contribution in [0.3, 0.4) is 0 Å². The van der Waals surface area contributed by atoms with Crippen LogP contribution in [0.2, 0.25) is 0 Å². The molecule has 2 rings (SSSR count). The Kier molecular flexibility index (Phi) is 4.73. The molecule has 0 aliphatic carbocycles. The smallest absolute Gasteiger partial charge is 0.323 e. The number of amides is 1. The summed E-state index contributed by atoms with van der Waals surface area (Å²) in [5, 5.41) is 6.31. The van der Waals surface area contributed by atoms with Gasteiger partial charge < -0.3 is 9.26 Å². The summed E-state index contributed by atoms with van der Waals surface area (Å²) in [6, 6.07) is 1.32. The van der Waals surface area contributed by atoms with Crippen LogP contribution in [0.15, 0.2) is 10.6 Å². The van der Waals surface area contributed by atoms with E-state index in [0.717, 1.165) is 12.8 Å². The maximum absolute atomic E-state index is 11.9. The van der Waals surface area contributed by atoms with E-state index in [1.807, 2.05) is 4.90 Å². The van der Waals surface area contributed by atoms with Gasteiger partial charge in [0.05, 0.1) is 18.8 Å². The SMILES string of the molecule is CCOC(=O)C1CCCN1CC(=O)Nc1cc(C)no1. The van der Waals surface area contributed by atoms with Gasteiger partial charge in [0.2, 0.25) is 11.8 Å². The minimum absolute atomic E-state index is 0.142. The van der Waals surface area contributed by atoms with E-state index in [4.69, 9.17) is 9.26 Å². The van der Waals surface area contributed by atoms with Gasteiger partial charge in [0, 0.05) is 6.07 Å². The fraction of sp³-hybridized carbons (Fsp3) is 0.615. The van der Waals surface area contributed by atoms with E-state index < -0.39 is 0 Å². The van der Waals surface area contributed by atoms with Crippen molar-refractivity contribution < 1.29 is 18.8 Å². The predicted molar refractivity (Wildman–Crippen MR) is 71.1 cm³/mol. The molecular formula is C13H19N3O4. The predicted octanol–water partition coefficient (Wildman–Crippen LogP) is 0.949. The summed E-state index contributed by atoms with van der Waals surface area (Å²) in [6.45, 7) is 4.76. The molecule has 0 bridgehead atoms. The average Bonchev–Trinajstić information content (AvgIpc) is 2.99. The molecule has 7 nitrogen and oxygen atoms in total. The van der Waals surface area contributed by atoms with Gasteiger partial charge in [-0.25, -0.2) is 0 Å². The van der Waals surface area contributed by atoms with Crippen LogP contribution in [0.1, 0.15) is 25.5 Å². The van der Waals surface area contributed by atoms with Gasteiger partial charge in [0.25, 0.3) is 0 Å². The number of hydrogen-bond acceptors (Lipinski definition) is 6. The van der Waals surface area contributed by atoms with Gasteiger partial charge in [-0.1, -0.05) is 5.16 Å². The van der Waals surface area contributed by atoms with Crippen molar-refractivity contribution in [3.63, 3.8) is 0 Å². The maximum Gasteiger partial charge on any atom is 0.323 e. The van der Waals surface area contributed by atoms with E-state index in [2.05, 4.69) is 10.5 Å². The number of nitrogens with zero attached hydrogens (tertiary/aromatic N) is 2. The van der Waals surface area contributed by atoms with Crippen molar-refractivity contribution in [2.24, 2.45) is 0 Å². The van der Waals surface area contributed by atoms with E-state index in [1.54, 1.807) is 19.9 Å². The number of aryl methyl sites for hydroxylation is 1. The van der Waals surface area contributed by atoms with Gasteiger partial charge in [-0.3, -0.25) is 19.8 Å². The summed E-state index contributed by atoms with van der Waals surface area (Å²) in [5.74, 6) is -0.162. The van der Waals surface area contributed by atoms with Crippen molar-refractivity contribution in [1.82, 2.24) is 10.1 Å². The molecule has 1 amide bonds. The third kappa shape index (κ3) is 3.57. The fourth-order valence-corrected chi connectivity index (χ4v) is 2.30. The third-order valence-corrected chi connectivity index (χ3v) is 3.16. The number of carbonyl (C=O) groups is 2. The highest BCUT2D eigenvalue weighted by Crippen LogP contribution is 2.18. The highest BCUT2D eigenvalue weighted by molar-refractivity contribution is 5.91. The molecule has 1 unspecified atom stereocenters. The number of likely N-dealkylation sites (tertiary alicyclic amines) is 1. The average molecular weight is 281 g/mol. The first kappa shape index (κ1) is 14.5. The van der Waals surface area contributed by atoms with E-state index >= 15 is 0 Å². The second kappa shape index (κ2) is 6.51. The quantitative estimate of drug-likeness (QED) is 0.809. The highest BCUT2D eigenvalue weighted by Gasteiger charge is 2.32. The van der Waals surface area contributed by atoms with E-state index in [9.17, 15) is 9.59 Å². The van der Waals surface area contributed by atoms with Gasteiger partial charge in [-0.15, -0.1) is 0 Å². The number of hydrogen-bond donors (Lipinski definition) is 1. The molecule has 1 aromatic heterocycles. The zero-order chi connectivity index (χ0) is 14.5. The standard InChI is InChI=1S/C13H19N3O4/c1-3-19-13(18)10-5-4-6-16(10)8-11(17)14-12-7-9(2)15-20-12/h7,10H,3-6,8H2,1-2H3,(H,14,17). The van der Waals surface area contributed by atoms with E-state index in [-0.39, 0.29) is 24.5 Å². The molecule has 7 heteroatoms. The molecule has 1 fully saturated rings. The Morgan fingerprint density at radius 1 is 1.60 bits per heavy atom. The van der Waals surface area contributed by atoms with Crippen LogP contribution in [-0.4, -0.2) is 47.7 Å². The first-order valence-electron chi connectivity index (χ1n) is 6.74. The summed E-state index contributed by atoms with van der Waals surface area (Å²) in [7, 11) is 0. The van der Waals surface area contributed by atoms with Crippen LogP contribution in [-0.2, 0) is 14.3 Å². The number of aromatic nitrogens is 1. The molecule has 0 spiro atoms. The summed E-state index contributed by atoms with van der Waals surface area (Å²) >= 11 is 0. The lowest BCUT2D eigenvalue weighted by Crippen LogP contribution is -2.41. The second-order valence-corrected chi connectivity index (χ2v) is 4.76. The van der Waals surface area contributed by atoms with Gasteiger partial charge in [-0.2, -0.15) is 0 Å². The van der Waals surface area contributed by atoms with Gasteiger partial charge in [0.1, 0.15) is 6.04 Å². The Balaban J connectivity index is 1.88. The van der Waals surface area contributed by atoms with Crippen LogP contribution in [0.4, 0.5) is 5.88 Å². The maximum atomic E-state index is 11.9. The Morgan fingerprint density at radius 2 is 2.40 bits per heavy atom. The van der Waals surface area contributed by atoms with Gasteiger partial charge in [-0.05, 0) is 33.2 Å². The van der Waals surface area contributed by atoms with E-state index in [1.165, 1.54) is 0 Å². The summed E-state index contributed by atoms with van der Waals surface area (Å²) in [6.07, 6.45) is 1.62. The van der Waals surface area contributed by atoms with Crippen molar-refractivity contribution in [3.8, 4) is 0 Å². The summed E-state index contributed by atoms with van der Waals surface area (Å²) in [4.78, 5) is 25.5. The van der Waals surface area contributed by atoms with Crippen LogP contribution < -0.4 is 5.32 Å². The lowest BCUT2D eigenvalue weighted by Gasteiger charge is -2.21. The first-order valence-corrected chi connectivity index (χ1v) is 6.74. The second-order valence-electron chi connectivity index (χ2n) is 4.76. The first-order chi connectivity index (χ1) is 9.60. The Bertz CT molecular complexity index is 486. The van der Waals surface area contributed by atoms with Crippen LogP contribution in [0, 0.1) is 6.92 Å². The normalized spacial score (nSPS) is 19.0.